The van der Waals surface area contributed by atoms with E-state index in [-0.39, 0.29) is 5.69 Å². The van der Waals surface area contributed by atoms with Crippen LogP contribution in [0, 0.1) is 15.9 Å². The zero-order chi connectivity index (χ0) is 21.3. The number of nitrogens with zero attached hydrogens (tertiary/aromatic N) is 3. The lowest BCUT2D eigenvalue weighted by Crippen LogP contribution is -2.29. The van der Waals surface area contributed by atoms with Gasteiger partial charge in [0.25, 0.3) is 5.69 Å². The van der Waals surface area contributed by atoms with Crippen LogP contribution in [0.15, 0.2) is 47.0 Å². The molecule has 0 unspecified atom stereocenters. The number of carbonyl (C=O) groups is 1. The van der Waals surface area contributed by atoms with Crippen LogP contribution in [0.1, 0.15) is 29.6 Å². The molecule has 9 heteroatoms. The van der Waals surface area contributed by atoms with Gasteiger partial charge in [0.2, 0.25) is 0 Å². The van der Waals surface area contributed by atoms with Gasteiger partial charge in [-0.05, 0) is 43.5 Å². The Kier molecular flexibility index (Phi) is 5.18. The minimum Gasteiger partial charge on any atom is -0.478 e. The summed E-state index contributed by atoms with van der Waals surface area (Å²) in [5.41, 5.74) is 1.45. The van der Waals surface area contributed by atoms with Crippen LogP contribution in [0.25, 0.3) is 22.6 Å². The normalized spacial score (nSPS) is 14.0. The molecule has 1 aliphatic rings. The van der Waals surface area contributed by atoms with Crippen LogP contribution in [-0.4, -0.2) is 34.2 Å². The Labute approximate surface area is 170 Å². The third-order valence-corrected chi connectivity index (χ3v) is 5.16. The van der Waals surface area contributed by atoms with E-state index >= 15 is 0 Å². The first-order valence-corrected chi connectivity index (χ1v) is 9.48. The van der Waals surface area contributed by atoms with Gasteiger partial charge < -0.3 is 14.5 Å². The summed E-state index contributed by atoms with van der Waals surface area (Å²) < 4.78 is 19.4. The number of halogens is 1. The van der Waals surface area contributed by atoms with Gasteiger partial charge in [0.15, 0.2) is 5.76 Å². The molecule has 0 bridgehead atoms. The molecule has 154 valence electrons. The van der Waals surface area contributed by atoms with Crippen molar-refractivity contribution >= 4 is 17.3 Å². The van der Waals surface area contributed by atoms with E-state index in [0.29, 0.717) is 28.3 Å². The molecule has 4 rings (SSSR count). The maximum atomic E-state index is 14.0. The van der Waals surface area contributed by atoms with E-state index < -0.39 is 22.3 Å². The number of aromatic carboxylic acids is 1. The van der Waals surface area contributed by atoms with E-state index in [1.165, 1.54) is 18.2 Å². The Morgan fingerprint density at radius 2 is 1.83 bits per heavy atom. The number of nitro benzene ring substituents is 1. The number of carboxylic acids is 1. The van der Waals surface area contributed by atoms with Gasteiger partial charge in [-0.25, -0.2) is 9.18 Å². The largest absolute Gasteiger partial charge is 0.478 e. The Balaban J connectivity index is 1.68. The first kappa shape index (κ1) is 19.6. The minimum absolute atomic E-state index is 0.0340. The van der Waals surface area contributed by atoms with Crippen LogP contribution >= 0.6 is 0 Å². The number of benzene rings is 2. The standard InChI is InChI=1S/C21H18FN3O5/c22-16-10-13(4-6-15(16)21(26)27)17-12-20(30-23-17)14-5-7-18(25(28)29)19(11-14)24-8-2-1-3-9-24/h4-7,10-12H,1-3,8-9H2,(H,26,27). The molecule has 0 aliphatic carbocycles. The molecule has 1 aliphatic heterocycles. The van der Waals surface area contributed by atoms with E-state index in [0.717, 1.165) is 38.4 Å². The van der Waals surface area contributed by atoms with E-state index in [9.17, 15) is 19.3 Å². The van der Waals surface area contributed by atoms with Gasteiger partial charge in [-0.3, -0.25) is 10.1 Å². The van der Waals surface area contributed by atoms with Gasteiger partial charge in [-0.2, -0.15) is 0 Å². The summed E-state index contributed by atoms with van der Waals surface area (Å²) in [5.74, 6) is -1.84. The van der Waals surface area contributed by atoms with E-state index in [1.54, 1.807) is 18.2 Å². The predicted molar refractivity (Wildman–Crippen MR) is 107 cm³/mol. The molecule has 1 N–H and O–H groups in total. The molecular formula is C21H18FN3O5. The minimum atomic E-state index is -1.35. The average Bonchev–Trinajstić information content (AvgIpc) is 3.24. The molecule has 30 heavy (non-hydrogen) atoms. The van der Waals surface area contributed by atoms with Gasteiger partial charge >= 0.3 is 5.97 Å². The molecule has 1 aromatic heterocycles. The van der Waals surface area contributed by atoms with E-state index in [4.69, 9.17) is 9.63 Å². The van der Waals surface area contributed by atoms with Gasteiger partial charge in [-0.1, -0.05) is 11.2 Å². The van der Waals surface area contributed by atoms with Crippen molar-refractivity contribution in [3.8, 4) is 22.6 Å². The second-order valence-corrected chi connectivity index (χ2v) is 7.08. The van der Waals surface area contributed by atoms with Crippen LogP contribution in [0.5, 0.6) is 0 Å². The lowest BCUT2D eigenvalue weighted by atomic mass is 10.0. The summed E-state index contributed by atoms with van der Waals surface area (Å²) in [6.45, 7) is 1.50. The third kappa shape index (κ3) is 3.73. The zero-order valence-electron chi connectivity index (χ0n) is 15.9. The Morgan fingerprint density at radius 1 is 1.10 bits per heavy atom. The van der Waals surface area contributed by atoms with Crippen LogP contribution in [0.4, 0.5) is 15.8 Å². The molecule has 2 aromatic carbocycles. The number of carboxylic acid groups (broad SMARTS) is 1. The fraction of sp³-hybridized carbons (Fsp3) is 0.238. The summed E-state index contributed by atoms with van der Waals surface area (Å²) in [4.78, 5) is 24.1. The van der Waals surface area contributed by atoms with Crippen LogP contribution in [-0.2, 0) is 0 Å². The number of rotatable bonds is 5. The number of piperidine rings is 1. The molecule has 1 fully saturated rings. The Hall–Kier alpha value is -3.75. The number of anilines is 1. The first-order chi connectivity index (χ1) is 14.4. The third-order valence-electron chi connectivity index (χ3n) is 5.16. The second-order valence-electron chi connectivity index (χ2n) is 7.08. The Bertz CT molecular complexity index is 1120. The molecule has 0 atom stereocenters. The molecule has 0 saturated carbocycles. The van der Waals surface area contributed by atoms with Gasteiger partial charge in [-0.15, -0.1) is 0 Å². The van der Waals surface area contributed by atoms with E-state index in [1.807, 2.05) is 4.90 Å². The molecule has 1 saturated heterocycles. The monoisotopic (exact) mass is 411 g/mol. The van der Waals surface area contributed by atoms with Gasteiger partial charge in [0.1, 0.15) is 17.2 Å². The fourth-order valence-corrected chi connectivity index (χ4v) is 3.61. The van der Waals surface area contributed by atoms with Crippen molar-refractivity contribution in [2.45, 2.75) is 19.3 Å². The van der Waals surface area contributed by atoms with Crippen LogP contribution in [0.2, 0.25) is 0 Å². The summed E-state index contributed by atoms with van der Waals surface area (Å²) in [5, 5.41) is 24.4. The number of hydrogen-bond acceptors (Lipinski definition) is 6. The number of hydrogen-bond donors (Lipinski definition) is 1. The summed E-state index contributed by atoms with van der Waals surface area (Å²) in [6, 6.07) is 10.0. The van der Waals surface area contributed by atoms with E-state index in [2.05, 4.69) is 5.16 Å². The van der Waals surface area contributed by atoms with Crippen LogP contribution < -0.4 is 4.90 Å². The molecule has 0 amide bonds. The molecule has 0 radical (unpaired) electrons. The SMILES string of the molecule is O=C(O)c1ccc(-c2cc(-c3ccc([N+](=O)[O-])c(N4CCCCC4)c3)on2)cc1F. The van der Waals surface area contributed by atoms with Gasteiger partial charge in [0, 0.05) is 36.3 Å². The molecule has 3 aromatic rings. The smallest absolute Gasteiger partial charge is 0.338 e. The quantitative estimate of drug-likeness (QED) is 0.477. The van der Waals surface area contributed by atoms with Crippen molar-refractivity contribution < 1.29 is 23.7 Å². The summed E-state index contributed by atoms with van der Waals surface area (Å²) in [7, 11) is 0. The summed E-state index contributed by atoms with van der Waals surface area (Å²) >= 11 is 0. The topological polar surface area (TPSA) is 110 Å². The zero-order valence-corrected chi connectivity index (χ0v) is 15.9. The fourth-order valence-electron chi connectivity index (χ4n) is 3.61. The maximum absolute atomic E-state index is 14.0. The maximum Gasteiger partial charge on any atom is 0.338 e. The lowest BCUT2D eigenvalue weighted by Gasteiger charge is -2.28. The van der Waals surface area contributed by atoms with Gasteiger partial charge in [0.05, 0.1) is 10.5 Å². The van der Waals surface area contributed by atoms with Crippen LogP contribution in [0.3, 0.4) is 0 Å². The highest BCUT2D eigenvalue weighted by molar-refractivity contribution is 5.88. The van der Waals surface area contributed by atoms with Crippen molar-refractivity contribution in [1.29, 1.82) is 0 Å². The summed E-state index contributed by atoms with van der Waals surface area (Å²) in [6.07, 6.45) is 3.06. The molecule has 0 spiro atoms. The van der Waals surface area contributed by atoms with Crippen molar-refractivity contribution in [2.24, 2.45) is 0 Å². The highest BCUT2D eigenvalue weighted by Crippen LogP contribution is 2.36. The molecular weight excluding hydrogens is 393 g/mol. The van der Waals surface area contributed by atoms with Crippen molar-refractivity contribution in [2.75, 3.05) is 18.0 Å². The highest BCUT2D eigenvalue weighted by Gasteiger charge is 2.23. The Morgan fingerprint density at radius 3 is 2.50 bits per heavy atom. The lowest BCUT2D eigenvalue weighted by molar-refractivity contribution is -0.384. The number of aromatic nitrogens is 1. The van der Waals surface area contributed by atoms with Crippen molar-refractivity contribution in [1.82, 2.24) is 5.16 Å². The predicted octanol–water partition coefficient (Wildman–Crippen LogP) is 4.74. The van der Waals surface area contributed by atoms with Crippen molar-refractivity contribution in [3.63, 3.8) is 0 Å². The van der Waals surface area contributed by atoms with Crippen molar-refractivity contribution in [3.05, 3.63) is 64.0 Å². The average molecular weight is 411 g/mol. The molecule has 8 nitrogen and oxygen atoms in total. The second kappa shape index (κ2) is 7.94. The highest BCUT2D eigenvalue weighted by atomic mass is 19.1. The first-order valence-electron chi connectivity index (χ1n) is 9.48. The number of nitro groups is 1. The molecule has 2 heterocycles.